The van der Waals surface area contributed by atoms with Gasteiger partial charge in [0.05, 0.1) is 0 Å². The van der Waals surface area contributed by atoms with Gasteiger partial charge in [0, 0.05) is 13.0 Å². The lowest BCUT2D eigenvalue weighted by Crippen LogP contribution is -2.26. The molecule has 0 saturated heterocycles. The van der Waals surface area contributed by atoms with E-state index in [1.54, 1.807) is 0 Å². The van der Waals surface area contributed by atoms with Crippen molar-refractivity contribution in [2.45, 2.75) is 116 Å². The van der Waals surface area contributed by atoms with E-state index < -0.39 is 5.09 Å². The maximum absolute atomic E-state index is 11.7. The number of carbonyl (C=O) groups is 1. The lowest BCUT2D eigenvalue weighted by Gasteiger charge is -2.09. The number of unbranched alkanes of at least 4 members (excludes halogenated alkanes) is 14. The third kappa shape index (κ3) is 34.2. The normalized spacial score (nSPS) is 10.5. The van der Waals surface area contributed by atoms with Crippen molar-refractivity contribution in [3.63, 3.8) is 0 Å². The van der Waals surface area contributed by atoms with Crippen molar-refractivity contribution in [2.24, 2.45) is 0 Å². The van der Waals surface area contributed by atoms with Gasteiger partial charge in [-0.25, -0.2) is 0 Å². The minimum atomic E-state index is -1.50. The number of rotatable bonds is 20. The summed E-state index contributed by atoms with van der Waals surface area (Å²) in [5.74, 6) is 0.235. The first-order valence-electron chi connectivity index (χ1n) is 12.1. The summed E-state index contributed by atoms with van der Waals surface area (Å²) in [6.45, 7) is 4.14. The van der Waals surface area contributed by atoms with Crippen LogP contribution >= 0.6 is 0 Å². The van der Waals surface area contributed by atoms with E-state index in [2.05, 4.69) is 31.2 Å². The van der Waals surface area contributed by atoms with Gasteiger partial charge in [0.1, 0.15) is 0 Å². The van der Waals surface area contributed by atoms with Gasteiger partial charge >= 0.3 is 0 Å². The molecule has 0 bridgehead atoms. The van der Waals surface area contributed by atoms with E-state index in [1.165, 1.54) is 89.9 Å². The molecule has 7 nitrogen and oxygen atoms in total. The Labute approximate surface area is 185 Å². The van der Waals surface area contributed by atoms with Crippen LogP contribution in [0.4, 0.5) is 0 Å². The number of carbonyl (C=O) groups excluding carboxylic acids is 1. The van der Waals surface area contributed by atoms with E-state index in [0.717, 1.165) is 25.9 Å². The quantitative estimate of drug-likeness (QED) is 0.141. The monoisotopic (exact) mass is 431 g/mol. The number of amides is 1. The highest BCUT2D eigenvalue weighted by Gasteiger charge is 2.01. The minimum absolute atomic E-state index is 0.235. The number of hydrogen-bond acceptors (Lipinski definition) is 4. The summed E-state index contributed by atoms with van der Waals surface area (Å²) in [6, 6.07) is 0. The van der Waals surface area contributed by atoms with Crippen molar-refractivity contribution in [3.05, 3.63) is 10.1 Å². The first-order valence-corrected chi connectivity index (χ1v) is 12.1. The van der Waals surface area contributed by atoms with Crippen LogP contribution < -0.4 is 5.32 Å². The van der Waals surface area contributed by atoms with Gasteiger partial charge in [-0.05, 0) is 33.5 Å². The highest BCUT2D eigenvalue weighted by molar-refractivity contribution is 5.75. The van der Waals surface area contributed by atoms with Crippen LogP contribution in [0.1, 0.15) is 116 Å². The Morgan fingerprint density at radius 2 is 1.17 bits per heavy atom. The van der Waals surface area contributed by atoms with E-state index in [-0.39, 0.29) is 5.91 Å². The molecule has 0 radical (unpaired) electrons. The van der Waals surface area contributed by atoms with Crippen LogP contribution in [0.15, 0.2) is 0 Å². The molecule has 0 aromatic carbocycles. The van der Waals surface area contributed by atoms with Gasteiger partial charge in [-0.3, -0.25) is 4.79 Å². The highest BCUT2D eigenvalue weighted by atomic mass is 16.9. The largest absolute Gasteiger partial charge is 0.356 e. The summed E-state index contributed by atoms with van der Waals surface area (Å²) in [7, 11) is 4.13. The molecule has 0 heterocycles. The summed E-state index contributed by atoms with van der Waals surface area (Å²) < 4.78 is 0. The maximum atomic E-state index is 11.7. The molecule has 0 atom stereocenters. The molecule has 0 spiro atoms. The van der Waals surface area contributed by atoms with E-state index >= 15 is 0 Å². The summed E-state index contributed by atoms with van der Waals surface area (Å²) in [5.41, 5.74) is 0. The fourth-order valence-corrected chi connectivity index (χ4v) is 3.37. The molecule has 0 saturated carbocycles. The summed E-state index contributed by atoms with van der Waals surface area (Å²) in [6.07, 6.45) is 22.3. The molecule has 0 unspecified atom stereocenters. The number of nitrogens with zero attached hydrogens (tertiary/aromatic N) is 2. The molecule has 0 aromatic rings. The average molecular weight is 432 g/mol. The van der Waals surface area contributed by atoms with Crippen molar-refractivity contribution in [1.29, 1.82) is 0 Å². The molecule has 180 valence electrons. The molecule has 0 fully saturated rings. The Balaban J connectivity index is 0. The zero-order valence-corrected chi connectivity index (χ0v) is 20.0. The second-order valence-corrected chi connectivity index (χ2v) is 8.44. The van der Waals surface area contributed by atoms with Gasteiger partial charge in [0.2, 0.25) is 5.91 Å². The molecule has 0 rings (SSSR count). The third-order valence-corrected chi connectivity index (χ3v) is 5.11. The number of nitrogens with one attached hydrogen (secondary N) is 1. The Bertz CT molecular complexity index is 375. The Morgan fingerprint density at radius 1 is 0.800 bits per heavy atom. The molecular formula is C23H49N3O4. The van der Waals surface area contributed by atoms with Crippen LogP contribution in [-0.4, -0.2) is 48.3 Å². The second-order valence-electron chi connectivity index (χ2n) is 8.44. The summed E-state index contributed by atoms with van der Waals surface area (Å²) in [4.78, 5) is 22.2. The fraction of sp³-hybridized carbons (Fsp3) is 0.957. The zero-order chi connectivity index (χ0) is 22.9. The van der Waals surface area contributed by atoms with E-state index in [0.29, 0.717) is 6.42 Å². The van der Waals surface area contributed by atoms with Gasteiger partial charge in [-0.1, -0.05) is 96.8 Å². The molecule has 1 amide bonds. The molecule has 7 heteroatoms. The van der Waals surface area contributed by atoms with E-state index in [9.17, 15) is 4.79 Å². The van der Waals surface area contributed by atoms with Crippen molar-refractivity contribution >= 4 is 5.91 Å². The summed E-state index contributed by atoms with van der Waals surface area (Å²) >= 11 is 0. The Morgan fingerprint density at radius 3 is 1.53 bits per heavy atom. The molecule has 0 aromatic heterocycles. The third-order valence-electron chi connectivity index (χ3n) is 5.11. The van der Waals surface area contributed by atoms with Crippen molar-refractivity contribution in [1.82, 2.24) is 10.2 Å². The van der Waals surface area contributed by atoms with Gasteiger partial charge in [0.15, 0.2) is 0 Å². The van der Waals surface area contributed by atoms with Crippen LogP contribution in [0.3, 0.4) is 0 Å². The maximum Gasteiger partial charge on any atom is 0.291 e. The molecule has 0 aliphatic heterocycles. The molecule has 30 heavy (non-hydrogen) atoms. The first-order chi connectivity index (χ1) is 14.4. The van der Waals surface area contributed by atoms with Crippen LogP contribution in [-0.2, 0) is 4.79 Å². The molecule has 2 N–H and O–H groups in total. The van der Waals surface area contributed by atoms with Crippen molar-refractivity contribution in [3.8, 4) is 0 Å². The highest BCUT2D eigenvalue weighted by Crippen LogP contribution is 2.13. The lowest BCUT2D eigenvalue weighted by molar-refractivity contribution is -0.742. The van der Waals surface area contributed by atoms with Crippen LogP contribution in [0.5, 0.6) is 0 Å². The number of hydrogen-bond donors (Lipinski definition) is 2. The Hall–Kier alpha value is -1.37. The van der Waals surface area contributed by atoms with Gasteiger partial charge in [0.25, 0.3) is 5.09 Å². The van der Waals surface area contributed by atoms with Crippen LogP contribution in [0.25, 0.3) is 0 Å². The van der Waals surface area contributed by atoms with Crippen molar-refractivity contribution in [2.75, 3.05) is 27.2 Å². The predicted octanol–water partition coefficient (Wildman–Crippen LogP) is 5.97. The SMILES string of the molecule is CCCCCCCCCCCCCCCCCC(=O)NCCCN(C)C.O=[N+]([O-])O. The summed E-state index contributed by atoms with van der Waals surface area (Å²) in [5, 5.41) is 16.7. The standard InChI is InChI=1S/C23H48N2O.HNO3/c1-4-5-6-7-8-9-10-11-12-13-14-15-16-17-18-20-23(26)24-21-19-22-25(2)3;2-1(3)4/h4-22H2,1-3H3,(H,24,26);(H,2,3,4). The topological polar surface area (TPSA) is 95.7 Å². The van der Waals surface area contributed by atoms with Gasteiger partial charge in [-0.15, -0.1) is 10.1 Å². The minimum Gasteiger partial charge on any atom is -0.356 e. The van der Waals surface area contributed by atoms with Crippen LogP contribution in [0.2, 0.25) is 0 Å². The van der Waals surface area contributed by atoms with E-state index in [1.807, 2.05) is 0 Å². The van der Waals surface area contributed by atoms with Gasteiger partial charge < -0.3 is 15.4 Å². The van der Waals surface area contributed by atoms with Gasteiger partial charge in [-0.2, -0.15) is 0 Å². The fourth-order valence-electron chi connectivity index (χ4n) is 3.37. The van der Waals surface area contributed by atoms with Crippen LogP contribution in [0, 0.1) is 10.1 Å². The average Bonchev–Trinajstić information content (AvgIpc) is 2.67. The molecule has 0 aliphatic carbocycles. The molecule has 0 aliphatic rings. The lowest BCUT2D eigenvalue weighted by atomic mass is 10.0. The second kappa shape index (κ2) is 25.7. The Kier molecular flexibility index (Phi) is 26.4. The molecular weight excluding hydrogens is 382 g/mol. The van der Waals surface area contributed by atoms with Crippen molar-refractivity contribution < 1.29 is 15.1 Å². The zero-order valence-electron chi connectivity index (χ0n) is 20.0. The first kappa shape index (κ1) is 30.8. The van der Waals surface area contributed by atoms with E-state index in [4.69, 9.17) is 15.3 Å². The predicted molar refractivity (Wildman–Crippen MR) is 125 cm³/mol. The smallest absolute Gasteiger partial charge is 0.291 e.